The lowest BCUT2D eigenvalue weighted by atomic mass is 9.96. The molecular formula is C16H30O2. The maximum atomic E-state index is 6.06. The molecule has 0 bridgehead atoms. The molecule has 0 saturated heterocycles. The van der Waals surface area contributed by atoms with Crippen LogP contribution in [0.1, 0.15) is 59.3 Å². The van der Waals surface area contributed by atoms with Crippen LogP contribution >= 0.6 is 0 Å². The number of unbranched alkanes of at least 4 members (excludes halogenated alkanes) is 1. The van der Waals surface area contributed by atoms with Crippen molar-refractivity contribution in [2.24, 2.45) is 5.92 Å². The Kier molecular flexibility index (Phi) is 7.60. The highest BCUT2D eigenvalue weighted by Gasteiger charge is 2.30. The van der Waals surface area contributed by atoms with Gasteiger partial charge in [0.25, 0.3) is 0 Å². The summed E-state index contributed by atoms with van der Waals surface area (Å²) in [7, 11) is 0. The minimum absolute atomic E-state index is 0.207. The van der Waals surface area contributed by atoms with E-state index in [1.807, 2.05) is 6.92 Å². The third-order valence-electron chi connectivity index (χ3n) is 3.73. The molecule has 2 atom stereocenters. The second-order valence-electron chi connectivity index (χ2n) is 5.71. The van der Waals surface area contributed by atoms with Crippen LogP contribution < -0.4 is 0 Å². The first-order valence-electron chi connectivity index (χ1n) is 7.52. The zero-order valence-corrected chi connectivity index (χ0v) is 12.4. The van der Waals surface area contributed by atoms with Crippen LogP contribution in [-0.4, -0.2) is 25.4 Å². The highest BCUT2D eigenvalue weighted by Crippen LogP contribution is 2.31. The van der Waals surface area contributed by atoms with Gasteiger partial charge in [0.2, 0.25) is 0 Å². The topological polar surface area (TPSA) is 18.5 Å². The van der Waals surface area contributed by atoms with Gasteiger partial charge in [-0.05, 0) is 39.0 Å². The SMILES string of the molecule is C=C(C)CO[C@H](C1CCCC1)[C@H](C)OCCCC. The first-order valence-corrected chi connectivity index (χ1v) is 7.52. The van der Waals surface area contributed by atoms with Gasteiger partial charge in [-0.3, -0.25) is 0 Å². The van der Waals surface area contributed by atoms with E-state index in [0.717, 1.165) is 18.6 Å². The fourth-order valence-electron chi connectivity index (χ4n) is 2.69. The summed E-state index contributed by atoms with van der Waals surface area (Å²) in [4.78, 5) is 0. The molecule has 0 heterocycles. The Morgan fingerprint density at radius 3 is 2.50 bits per heavy atom. The maximum Gasteiger partial charge on any atom is 0.0866 e. The zero-order valence-electron chi connectivity index (χ0n) is 12.4. The Balaban J connectivity index is 2.43. The summed E-state index contributed by atoms with van der Waals surface area (Å²) in [5.74, 6) is 0.681. The number of rotatable bonds is 9. The van der Waals surface area contributed by atoms with Crippen molar-refractivity contribution in [3.63, 3.8) is 0 Å². The molecule has 1 fully saturated rings. The molecule has 18 heavy (non-hydrogen) atoms. The minimum Gasteiger partial charge on any atom is -0.376 e. The van der Waals surface area contributed by atoms with Crippen molar-refractivity contribution in [2.45, 2.75) is 71.5 Å². The molecule has 106 valence electrons. The van der Waals surface area contributed by atoms with E-state index < -0.39 is 0 Å². The van der Waals surface area contributed by atoms with Crippen molar-refractivity contribution in [2.75, 3.05) is 13.2 Å². The van der Waals surface area contributed by atoms with Gasteiger partial charge in [0.1, 0.15) is 0 Å². The van der Waals surface area contributed by atoms with Crippen molar-refractivity contribution in [3.05, 3.63) is 12.2 Å². The Labute approximate surface area is 113 Å². The van der Waals surface area contributed by atoms with E-state index in [0.29, 0.717) is 12.5 Å². The minimum atomic E-state index is 0.207. The van der Waals surface area contributed by atoms with E-state index in [9.17, 15) is 0 Å². The van der Waals surface area contributed by atoms with Crippen LogP contribution in [0.25, 0.3) is 0 Å². The standard InChI is InChI=1S/C16H30O2/c1-5-6-11-17-14(4)16(18-12-13(2)3)15-9-7-8-10-15/h14-16H,2,5-12H2,1,3-4H3/t14-,16-/m0/s1. The molecule has 1 saturated carbocycles. The van der Waals surface area contributed by atoms with Gasteiger partial charge >= 0.3 is 0 Å². The third kappa shape index (κ3) is 5.53. The molecule has 0 N–H and O–H groups in total. The molecule has 0 amide bonds. The lowest BCUT2D eigenvalue weighted by molar-refractivity contribution is -0.0840. The summed E-state index contributed by atoms with van der Waals surface area (Å²) >= 11 is 0. The van der Waals surface area contributed by atoms with Crippen LogP contribution in [0.5, 0.6) is 0 Å². The average Bonchev–Trinajstić information content (AvgIpc) is 2.83. The van der Waals surface area contributed by atoms with Crippen molar-refractivity contribution in [1.29, 1.82) is 0 Å². The predicted molar refractivity (Wildman–Crippen MR) is 76.8 cm³/mol. The van der Waals surface area contributed by atoms with Gasteiger partial charge in [-0.25, -0.2) is 0 Å². The van der Waals surface area contributed by atoms with Gasteiger partial charge in [-0.15, -0.1) is 0 Å². The molecule has 0 aromatic rings. The van der Waals surface area contributed by atoms with E-state index in [1.54, 1.807) is 0 Å². The van der Waals surface area contributed by atoms with E-state index in [1.165, 1.54) is 32.1 Å². The molecule has 0 aromatic heterocycles. The van der Waals surface area contributed by atoms with Crippen molar-refractivity contribution >= 4 is 0 Å². The molecule has 0 spiro atoms. The first-order chi connectivity index (χ1) is 8.65. The van der Waals surface area contributed by atoms with Crippen molar-refractivity contribution in [3.8, 4) is 0 Å². The van der Waals surface area contributed by atoms with Crippen LogP contribution in [-0.2, 0) is 9.47 Å². The monoisotopic (exact) mass is 254 g/mol. The molecule has 2 nitrogen and oxygen atoms in total. The lowest BCUT2D eigenvalue weighted by Crippen LogP contribution is -2.35. The van der Waals surface area contributed by atoms with E-state index in [4.69, 9.17) is 9.47 Å². The van der Waals surface area contributed by atoms with Crippen LogP contribution in [0.15, 0.2) is 12.2 Å². The highest BCUT2D eigenvalue weighted by atomic mass is 16.5. The van der Waals surface area contributed by atoms with Crippen LogP contribution in [0.4, 0.5) is 0 Å². The van der Waals surface area contributed by atoms with Crippen LogP contribution in [0.3, 0.4) is 0 Å². The molecule has 0 unspecified atom stereocenters. The van der Waals surface area contributed by atoms with E-state index in [2.05, 4.69) is 20.4 Å². The zero-order chi connectivity index (χ0) is 13.4. The fourth-order valence-corrected chi connectivity index (χ4v) is 2.69. The Morgan fingerprint density at radius 1 is 1.28 bits per heavy atom. The van der Waals surface area contributed by atoms with Gasteiger partial charge in [0.15, 0.2) is 0 Å². The maximum absolute atomic E-state index is 6.06. The van der Waals surface area contributed by atoms with Gasteiger partial charge < -0.3 is 9.47 Å². The van der Waals surface area contributed by atoms with Gasteiger partial charge in [0.05, 0.1) is 18.8 Å². The largest absolute Gasteiger partial charge is 0.376 e. The van der Waals surface area contributed by atoms with Crippen LogP contribution in [0.2, 0.25) is 0 Å². The smallest absolute Gasteiger partial charge is 0.0866 e. The molecule has 0 radical (unpaired) electrons. The summed E-state index contributed by atoms with van der Waals surface area (Å²) < 4.78 is 12.0. The number of ether oxygens (including phenoxy) is 2. The van der Waals surface area contributed by atoms with Crippen molar-refractivity contribution < 1.29 is 9.47 Å². The lowest BCUT2D eigenvalue weighted by Gasteiger charge is -2.29. The molecule has 0 aromatic carbocycles. The molecule has 0 aliphatic heterocycles. The molecule has 1 rings (SSSR count). The number of hydrogen-bond donors (Lipinski definition) is 0. The first kappa shape index (κ1) is 15.7. The summed E-state index contributed by atoms with van der Waals surface area (Å²) in [6.07, 6.45) is 8.07. The second kappa shape index (κ2) is 8.71. The van der Waals surface area contributed by atoms with Crippen molar-refractivity contribution in [1.82, 2.24) is 0 Å². The Bertz CT molecular complexity index is 231. The van der Waals surface area contributed by atoms with Gasteiger partial charge in [-0.2, -0.15) is 0 Å². The predicted octanol–water partition coefficient (Wildman–Crippen LogP) is 4.34. The summed E-state index contributed by atoms with van der Waals surface area (Å²) in [5.41, 5.74) is 1.10. The normalized spacial score (nSPS) is 19.9. The Hall–Kier alpha value is -0.340. The molecular weight excluding hydrogens is 224 g/mol. The van der Waals surface area contributed by atoms with E-state index >= 15 is 0 Å². The molecule has 1 aliphatic carbocycles. The average molecular weight is 254 g/mol. The molecule has 2 heteroatoms. The van der Waals surface area contributed by atoms with Gasteiger partial charge in [-0.1, -0.05) is 38.3 Å². The summed E-state index contributed by atoms with van der Waals surface area (Å²) in [5, 5.41) is 0. The number of hydrogen-bond acceptors (Lipinski definition) is 2. The fraction of sp³-hybridized carbons (Fsp3) is 0.875. The highest BCUT2D eigenvalue weighted by molar-refractivity contribution is 4.89. The summed E-state index contributed by atoms with van der Waals surface area (Å²) in [6, 6.07) is 0. The summed E-state index contributed by atoms with van der Waals surface area (Å²) in [6.45, 7) is 11.8. The quantitative estimate of drug-likeness (QED) is 0.450. The van der Waals surface area contributed by atoms with E-state index in [-0.39, 0.29) is 12.2 Å². The molecule has 1 aliphatic rings. The Morgan fingerprint density at radius 2 is 1.94 bits per heavy atom. The third-order valence-corrected chi connectivity index (χ3v) is 3.73. The van der Waals surface area contributed by atoms with Crippen LogP contribution in [0, 0.1) is 5.92 Å². The second-order valence-corrected chi connectivity index (χ2v) is 5.71. The van der Waals surface area contributed by atoms with Gasteiger partial charge in [0, 0.05) is 6.61 Å².